The highest BCUT2D eigenvalue weighted by Gasteiger charge is 2.27. The van der Waals surface area contributed by atoms with E-state index in [4.69, 9.17) is 0 Å². The Bertz CT molecular complexity index is 1030. The summed E-state index contributed by atoms with van der Waals surface area (Å²) in [4.78, 5) is 0. The summed E-state index contributed by atoms with van der Waals surface area (Å²) in [5.74, 6) is -9.28. The third-order valence-electron chi connectivity index (χ3n) is 6.22. The summed E-state index contributed by atoms with van der Waals surface area (Å²) in [5, 5.41) is 10.4. The normalized spacial score (nSPS) is 15.4. The van der Waals surface area contributed by atoms with E-state index in [9.17, 15) is 27.2 Å². The van der Waals surface area contributed by atoms with Crippen molar-refractivity contribution in [2.75, 3.05) is 0 Å². The van der Waals surface area contributed by atoms with Gasteiger partial charge in [0, 0.05) is 23.0 Å². The van der Waals surface area contributed by atoms with E-state index in [1.807, 2.05) is 26.8 Å². The van der Waals surface area contributed by atoms with Crippen LogP contribution in [0, 0.1) is 40.4 Å². The van der Waals surface area contributed by atoms with Gasteiger partial charge in [-0.25, -0.2) is 22.0 Å². The minimum Gasteiger partial charge on any atom is -0.203 e. The van der Waals surface area contributed by atoms with Gasteiger partial charge in [-0.2, -0.15) is 17.0 Å². The second kappa shape index (κ2) is 10.5. The van der Waals surface area contributed by atoms with Crippen LogP contribution in [0.5, 0.6) is 0 Å². The van der Waals surface area contributed by atoms with Gasteiger partial charge in [-0.1, -0.05) is 58.6 Å². The molecule has 0 amide bonds. The highest BCUT2D eigenvalue weighted by Crippen LogP contribution is 2.35. The van der Waals surface area contributed by atoms with Crippen molar-refractivity contribution in [1.82, 2.24) is 0 Å². The van der Waals surface area contributed by atoms with E-state index >= 15 is 0 Å². The van der Waals surface area contributed by atoms with Crippen molar-refractivity contribution in [3.8, 4) is 6.07 Å². The molecular weight excluding hydrogens is 453 g/mol. The van der Waals surface area contributed by atoms with Crippen molar-refractivity contribution in [3.05, 3.63) is 69.0 Å². The number of nitrogens with zero attached hydrogens (tertiary/aromatic N) is 1. The van der Waals surface area contributed by atoms with Crippen LogP contribution in [-0.4, -0.2) is 5.25 Å². The van der Waals surface area contributed by atoms with E-state index in [2.05, 4.69) is 6.07 Å². The summed E-state index contributed by atoms with van der Waals surface area (Å²) in [6.45, 7) is 5.91. The molecule has 3 rings (SSSR count). The van der Waals surface area contributed by atoms with Crippen LogP contribution in [0.15, 0.2) is 12.1 Å². The molecule has 178 valence electrons. The van der Waals surface area contributed by atoms with Gasteiger partial charge in [0.1, 0.15) is 0 Å². The van der Waals surface area contributed by atoms with E-state index < -0.39 is 41.1 Å². The third kappa shape index (κ3) is 5.71. The lowest BCUT2D eigenvalue weighted by Gasteiger charge is -2.23. The molecule has 0 aromatic heterocycles. The Kier molecular flexibility index (Phi) is 8.10. The van der Waals surface area contributed by atoms with E-state index in [1.54, 1.807) is 17.8 Å². The van der Waals surface area contributed by atoms with Crippen LogP contribution >= 0.6 is 11.8 Å². The lowest BCUT2D eigenvalue weighted by atomic mass is 9.82. The molecule has 0 spiro atoms. The summed E-state index contributed by atoms with van der Waals surface area (Å²) in [6, 6.07) is 5.71. The third-order valence-corrected chi connectivity index (χ3v) is 7.64. The van der Waals surface area contributed by atoms with Gasteiger partial charge in [-0.05, 0) is 34.9 Å². The minimum atomic E-state index is -2.18. The Hall–Kier alpha value is -2.07. The Labute approximate surface area is 196 Å². The van der Waals surface area contributed by atoms with Crippen LogP contribution in [-0.2, 0) is 17.6 Å². The van der Waals surface area contributed by atoms with Crippen LogP contribution in [0.25, 0.3) is 0 Å². The van der Waals surface area contributed by atoms with Gasteiger partial charge in [-0.15, -0.1) is 0 Å². The molecule has 7 heteroatoms. The Morgan fingerprint density at radius 2 is 1.36 bits per heavy atom. The maximum Gasteiger partial charge on any atom is 0.200 e. The summed E-state index contributed by atoms with van der Waals surface area (Å²) in [7, 11) is 0. The lowest BCUT2D eigenvalue weighted by molar-refractivity contribution is 0.371. The van der Waals surface area contributed by atoms with Crippen molar-refractivity contribution in [1.29, 1.82) is 5.26 Å². The molecule has 1 aliphatic rings. The first-order valence-electron chi connectivity index (χ1n) is 11.2. The van der Waals surface area contributed by atoms with Crippen LogP contribution < -0.4 is 0 Å². The molecule has 0 heterocycles. The van der Waals surface area contributed by atoms with Gasteiger partial charge in [-0.3, -0.25) is 0 Å². The smallest absolute Gasteiger partial charge is 0.200 e. The number of rotatable bonds is 5. The van der Waals surface area contributed by atoms with Crippen LogP contribution in [0.4, 0.5) is 22.0 Å². The molecule has 0 saturated heterocycles. The van der Waals surface area contributed by atoms with Crippen LogP contribution in [0.2, 0.25) is 0 Å². The van der Waals surface area contributed by atoms with E-state index in [0.717, 1.165) is 24.0 Å². The van der Waals surface area contributed by atoms with E-state index in [0.29, 0.717) is 11.0 Å². The van der Waals surface area contributed by atoms with E-state index in [-0.39, 0.29) is 16.5 Å². The zero-order chi connectivity index (χ0) is 24.3. The highest BCUT2D eigenvalue weighted by atomic mass is 32.2. The second-order valence-corrected chi connectivity index (χ2v) is 11.0. The molecule has 1 aliphatic carbocycles. The number of nitriles is 1. The average Bonchev–Trinajstić information content (AvgIpc) is 3.05. The van der Waals surface area contributed by atoms with Crippen molar-refractivity contribution in [2.24, 2.45) is 0 Å². The van der Waals surface area contributed by atoms with Gasteiger partial charge in [0.15, 0.2) is 23.3 Å². The Morgan fingerprint density at radius 1 is 0.848 bits per heavy atom. The molecule has 0 radical (unpaired) electrons. The van der Waals surface area contributed by atoms with Gasteiger partial charge in [0.2, 0.25) is 5.82 Å². The molecule has 2 aromatic carbocycles. The minimum absolute atomic E-state index is 0.244. The zero-order valence-corrected chi connectivity index (χ0v) is 20.0. The summed E-state index contributed by atoms with van der Waals surface area (Å²) < 4.78 is 69.8. The van der Waals surface area contributed by atoms with Gasteiger partial charge in [0.25, 0.3) is 0 Å². The molecule has 1 saturated carbocycles. The highest BCUT2D eigenvalue weighted by molar-refractivity contribution is 7.99. The number of hydrogen-bond donors (Lipinski definition) is 0. The van der Waals surface area contributed by atoms with Crippen LogP contribution in [0.1, 0.15) is 87.1 Å². The average molecular weight is 482 g/mol. The van der Waals surface area contributed by atoms with Crippen molar-refractivity contribution < 1.29 is 22.0 Å². The zero-order valence-electron chi connectivity index (χ0n) is 19.1. The first-order chi connectivity index (χ1) is 15.5. The largest absolute Gasteiger partial charge is 0.203 e. The molecule has 0 bridgehead atoms. The van der Waals surface area contributed by atoms with Crippen LogP contribution in [0.3, 0.4) is 0 Å². The molecule has 1 nitrogen and oxygen atoms in total. The molecular formula is C26H28F5NS. The standard InChI is InChI=1S/C26H28F5NS/c1-26(2,3)17-10-15(12-19-21(27)23(29)25(31)24(30)22(19)28)20(13-32)16(11-17)14-33-18-8-6-4-5-7-9-18/h10-11,18H,4-9,12,14H2,1-3H3. The molecule has 0 atom stereocenters. The van der Waals surface area contributed by atoms with Gasteiger partial charge >= 0.3 is 0 Å². The predicted octanol–water partition coefficient (Wildman–Crippen LogP) is 8.10. The van der Waals surface area contributed by atoms with Gasteiger partial charge < -0.3 is 0 Å². The SMILES string of the molecule is CC(C)(C)c1cc(CSC2CCCCCC2)c(C#N)c(Cc2c(F)c(F)c(F)c(F)c2F)c1. The van der Waals surface area contributed by atoms with Crippen molar-refractivity contribution in [3.63, 3.8) is 0 Å². The fourth-order valence-electron chi connectivity index (χ4n) is 4.21. The molecule has 0 N–H and O–H groups in total. The van der Waals surface area contributed by atoms with Gasteiger partial charge in [0.05, 0.1) is 11.6 Å². The monoisotopic (exact) mass is 481 g/mol. The lowest BCUT2D eigenvalue weighted by Crippen LogP contribution is -2.15. The summed E-state index contributed by atoms with van der Waals surface area (Å²) in [6.07, 6.45) is 6.48. The summed E-state index contributed by atoms with van der Waals surface area (Å²) >= 11 is 1.77. The molecule has 33 heavy (non-hydrogen) atoms. The Morgan fingerprint density at radius 3 is 1.88 bits per heavy atom. The number of thioether (sulfide) groups is 1. The maximum absolute atomic E-state index is 14.4. The Balaban J connectivity index is 2.04. The molecule has 1 fully saturated rings. The first kappa shape index (κ1) is 25.6. The molecule has 0 unspecified atom stereocenters. The number of benzene rings is 2. The fourth-order valence-corrected chi connectivity index (χ4v) is 5.52. The second-order valence-electron chi connectivity index (χ2n) is 9.68. The van der Waals surface area contributed by atoms with Crippen molar-refractivity contribution >= 4 is 11.8 Å². The fraction of sp³-hybridized carbons (Fsp3) is 0.500. The molecule has 2 aromatic rings. The molecule has 0 aliphatic heterocycles. The quantitative estimate of drug-likeness (QED) is 0.186. The topological polar surface area (TPSA) is 23.8 Å². The van der Waals surface area contributed by atoms with E-state index in [1.165, 1.54) is 25.7 Å². The van der Waals surface area contributed by atoms with Crippen molar-refractivity contribution in [2.45, 2.75) is 82.1 Å². The number of halogens is 5. The maximum atomic E-state index is 14.4. The predicted molar refractivity (Wildman–Crippen MR) is 122 cm³/mol. The summed E-state index contributed by atoms with van der Waals surface area (Å²) in [5.41, 5.74) is 0.838. The first-order valence-corrected chi connectivity index (χ1v) is 12.3. The number of hydrogen-bond acceptors (Lipinski definition) is 2.